The van der Waals surface area contributed by atoms with Crippen molar-refractivity contribution in [3.05, 3.63) is 57.3 Å². The molecular formula is C13H9BrClFN2O. The number of halogens is 3. The number of nitrogens with one attached hydrogen (secondary N) is 1. The normalized spacial score (nSPS) is 10.3. The van der Waals surface area contributed by atoms with Gasteiger partial charge in [0.2, 0.25) is 0 Å². The van der Waals surface area contributed by atoms with Crippen molar-refractivity contribution in [2.45, 2.75) is 0 Å². The molecule has 2 aromatic rings. The van der Waals surface area contributed by atoms with Crippen LogP contribution < -0.4 is 11.1 Å². The average Bonchev–Trinajstić information content (AvgIpc) is 2.33. The predicted octanol–water partition coefficient (Wildman–Crippen LogP) is 4.08. The van der Waals surface area contributed by atoms with Crippen LogP contribution in [0, 0.1) is 5.82 Å². The zero-order chi connectivity index (χ0) is 14.0. The van der Waals surface area contributed by atoms with E-state index in [1.807, 2.05) is 0 Å². The summed E-state index contributed by atoms with van der Waals surface area (Å²) in [5, 5.41) is 3.08. The molecule has 0 aliphatic heterocycles. The van der Waals surface area contributed by atoms with E-state index in [0.29, 0.717) is 16.3 Å². The monoisotopic (exact) mass is 342 g/mol. The van der Waals surface area contributed by atoms with Gasteiger partial charge in [0.1, 0.15) is 5.82 Å². The second-order valence-corrected chi connectivity index (χ2v) is 5.11. The predicted molar refractivity (Wildman–Crippen MR) is 77.9 cm³/mol. The minimum Gasteiger partial charge on any atom is -0.398 e. The molecule has 3 nitrogen and oxygen atoms in total. The van der Waals surface area contributed by atoms with Crippen LogP contribution in [0.2, 0.25) is 5.02 Å². The van der Waals surface area contributed by atoms with Gasteiger partial charge in [0.15, 0.2) is 0 Å². The average molecular weight is 344 g/mol. The topological polar surface area (TPSA) is 55.1 Å². The van der Waals surface area contributed by atoms with Crippen molar-refractivity contribution in [1.29, 1.82) is 0 Å². The lowest BCUT2D eigenvalue weighted by Crippen LogP contribution is -2.14. The molecule has 1 amide bonds. The zero-order valence-electron chi connectivity index (χ0n) is 9.58. The fraction of sp³-hybridized carbons (Fsp3) is 0. The van der Waals surface area contributed by atoms with Gasteiger partial charge in [-0.3, -0.25) is 4.79 Å². The SMILES string of the molecule is Nc1cc(Cl)ccc1C(=O)Nc1ccc(F)c(Br)c1. The van der Waals surface area contributed by atoms with Crippen LogP contribution in [0.1, 0.15) is 10.4 Å². The van der Waals surface area contributed by atoms with Crippen LogP contribution in [-0.2, 0) is 0 Å². The van der Waals surface area contributed by atoms with E-state index >= 15 is 0 Å². The highest BCUT2D eigenvalue weighted by molar-refractivity contribution is 9.10. The summed E-state index contributed by atoms with van der Waals surface area (Å²) in [7, 11) is 0. The van der Waals surface area contributed by atoms with E-state index in [1.54, 1.807) is 6.07 Å². The van der Waals surface area contributed by atoms with Gasteiger partial charge in [0, 0.05) is 16.4 Å². The van der Waals surface area contributed by atoms with Crippen molar-refractivity contribution in [3.63, 3.8) is 0 Å². The molecule has 6 heteroatoms. The zero-order valence-corrected chi connectivity index (χ0v) is 11.9. The van der Waals surface area contributed by atoms with Crippen molar-refractivity contribution in [2.24, 2.45) is 0 Å². The first-order valence-electron chi connectivity index (χ1n) is 5.29. The van der Waals surface area contributed by atoms with Crippen molar-refractivity contribution >= 4 is 44.8 Å². The molecule has 0 saturated carbocycles. The second kappa shape index (κ2) is 5.59. The maximum atomic E-state index is 13.1. The van der Waals surface area contributed by atoms with Crippen LogP contribution in [-0.4, -0.2) is 5.91 Å². The summed E-state index contributed by atoms with van der Waals surface area (Å²) in [5.41, 5.74) is 6.77. The molecular weight excluding hydrogens is 335 g/mol. The van der Waals surface area contributed by atoms with Gasteiger partial charge in [-0.15, -0.1) is 0 Å². The molecule has 0 spiro atoms. The first-order chi connectivity index (χ1) is 8.97. The third kappa shape index (κ3) is 3.24. The number of nitrogen functional groups attached to an aromatic ring is 1. The van der Waals surface area contributed by atoms with Gasteiger partial charge in [0.05, 0.1) is 10.0 Å². The van der Waals surface area contributed by atoms with Crippen LogP contribution in [0.4, 0.5) is 15.8 Å². The Kier molecular flexibility index (Phi) is 4.07. The minimum atomic E-state index is -0.399. The summed E-state index contributed by atoms with van der Waals surface area (Å²) >= 11 is 8.81. The summed E-state index contributed by atoms with van der Waals surface area (Å²) in [6.45, 7) is 0. The number of amides is 1. The number of carbonyl (C=O) groups is 1. The molecule has 0 fully saturated rings. The molecule has 0 aliphatic rings. The van der Waals surface area contributed by atoms with E-state index in [1.165, 1.54) is 30.3 Å². The molecule has 0 bridgehead atoms. The molecule has 0 radical (unpaired) electrons. The molecule has 0 unspecified atom stereocenters. The fourth-order valence-corrected chi connectivity index (χ4v) is 2.07. The molecule has 0 aromatic heterocycles. The van der Waals surface area contributed by atoms with Gasteiger partial charge in [-0.1, -0.05) is 11.6 Å². The molecule has 2 aromatic carbocycles. The Morgan fingerprint density at radius 1 is 1.26 bits per heavy atom. The smallest absolute Gasteiger partial charge is 0.257 e. The highest BCUT2D eigenvalue weighted by Gasteiger charge is 2.11. The van der Waals surface area contributed by atoms with Gasteiger partial charge in [0.25, 0.3) is 5.91 Å². The number of carbonyl (C=O) groups excluding carboxylic acids is 1. The van der Waals surface area contributed by atoms with Crippen LogP contribution in [0.5, 0.6) is 0 Å². The van der Waals surface area contributed by atoms with Gasteiger partial charge in [-0.25, -0.2) is 4.39 Å². The number of anilines is 2. The first kappa shape index (κ1) is 13.8. The molecule has 98 valence electrons. The largest absolute Gasteiger partial charge is 0.398 e. The number of hydrogen-bond donors (Lipinski definition) is 2. The van der Waals surface area contributed by atoms with E-state index in [4.69, 9.17) is 17.3 Å². The Balaban J connectivity index is 2.23. The van der Waals surface area contributed by atoms with Crippen LogP contribution in [0.3, 0.4) is 0 Å². The Bertz CT molecular complexity index is 649. The van der Waals surface area contributed by atoms with E-state index in [2.05, 4.69) is 21.2 Å². The number of hydrogen-bond acceptors (Lipinski definition) is 2. The lowest BCUT2D eigenvalue weighted by molar-refractivity contribution is 0.102. The summed E-state index contributed by atoms with van der Waals surface area (Å²) < 4.78 is 13.3. The number of nitrogens with two attached hydrogens (primary N) is 1. The maximum absolute atomic E-state index is 13.1. The van der Waals surface area contributed by atoms with Gasteiger partial charge in [-0.2, -0.15) is 0 Å². The quantitative estimate of drug-likeness (QED) is 0.807. The Hall–Kier alpha value is -1.59. The number of benzene rings is 2. The molecule has 2 rings (SSSR count). The molecule has 0 atom stereocenters. The highest BCUT2D eigenvalue weighted by Crippen LogP contribution is 2.22. The minimum absolute atomic E-state index is 0.273. The lowest BCUT2D eigenvalue weighted by atomic mass is 10.1. The van der Waals surface area contributed by atoms with Gasteiger partial charge in [-0.05, 0) is 52.3 Å². The van der Waals surface area contributed by atoms with E-state index in [0.717, 1.165) is 0 Å². The Morgan fingerprint density at radius 2 is 2.00 bits per heavy atom. The Morgan fingerprint density at radius 3 is 2.63 bits per heavy atom. The number of rotatable bonds is 2. The third-order valence-corrected chi connectivity index (χ3v) is 3.28. The van der Waals surface area contributed by atoms with Crippen molar-refractivity contribution in [1.82, 2.24) is 0 Å². The van der Waals surface area contributed by atoms with Crippen LogP contribution in [0.25, 0.3) is 0 Å². The van der Waals surface area contributed by atoms with E-state index < -0.39 is 5.82 Å². The molecule has 0 aliphatic carbocycles. The van der Waals surface area contributed by atoms with Crippen molar-refractivity contribution in [2.75, 3.05) is 11.1 Å². The van der Waals surface area contributed by atoms with Crippen LogP contribution in [0.15, 0.2) is 40.9 Å². The first-order valence-corrected chi connectivity index (χ1v) is 6.46. The van der Waals surface area contributed by atoms with Gasteiger partial charge >= 0.3 is 0 Å². The van der Waals surface area contributed by atoms with Gasteiger partial charge < -0.3 is 11.1 Å². The van der Waals surface area contributed by atoms with E-state index in [-0.39, 0.29) is 16.1 Å². The van der Waals surface area contributed by atoms with Crippen molar-refractivity contribution < 1.29 is 9.18 Å². The Labute approximate surface area is 122 Å². The fourth-order valence-electron chi connectivity index (χ4n) is 1.51. The third-order valence-electron chi connectivity index (χ3n) is 2.44. The molecule has 19 heavy (non-hydrogen) atoms. The standard InChI is InChI=1S/C13H9BrClFN2O/c14-10-6-8(2-4-11(10)16)18-13(19)9-3-1-7(15)5-12(9)17/h1-6H,17H2,(H,18,19). The molecule has 0 heterocycles. The molecule has 3 N–H and O–H groups in total. The summed E-state index contributed by atoms with van der Waals surface area (Å²) in [5.74, 6) is -0.781. The van der Waals surface area contributed by atoms with Crippen LogP contribution >= 0.6 is 27.5 Å². The van der Waals surface area contributed by atoms with E-state index in [9.17, 15) is 9.18 Å². The molecule has 0 saturated heterocycles. The highest BCUT2D eigenvalue weighted by atomic mass is 79.9. The summed E-state index contributed by atoms with van der Waals surface area (Å²) in [4.78, 5) is 12.0. The maximum Gasteiger partial charge on any atom is 0.257 e. The summed E-state index contributed by atoms with van der Waals surface area (Å²) in [6.07, 6.45) is 0. The second-order valence-electron chi connectivity index (χ2n) is 3.81. The lowest BCUT2D eigenvalue weighted by Gasteiger charge is -2.08. The van der Waals surface area contributed by atoms with Crippen molar-refractivity contribution in [3.8, 4) is 0 Å². The summed E-state index contributed by atoms with van der Waals surface area (Å²) in [6, 6.07) is 8.80.